The second-order valence-electron chi connectivity index (χ2n) is 11.6. The number of carbonyl (C=O) groups is 3. The molecule has 6 nitrogen and oxygen atoms in total. The van der Waals surface area contributed by atoms with Crippen LogP contribution in [0.1, 0.15) is 156 Å². The Labute approximate surface area is 239 Å². The van der Waals surface area contributed by atoms with E-state index in [0.29, 0.717) is 39.1 Å². The average Bonchev–Trinajstić information content (AvgIpc) is 2.95. The number of unbranched alkanes of at least 4 members (excludes halogenated alkanes) is 15. The highest BCUT2D eigenvalue weighted by Gasteiger charge is 2.41. The fourth-order valence-corrected chi connectivity index (χ4v) is 5.42. The molecule has 0 aromatic heterocycles. The Morgan fingerprint density at radius 2 is 0.641 bits per heavy atom. The quantitative estimate of drug-likeness (QED) is 0.0677. The molecule has 228 valence electrons. The molecular formula is C33H60O6. The van der Waals surface area contributed by atoms with Crippen molar-refractivity contribution in [2.75, 3.05) is 19.8 Å². The van der Waals surface area contributed by atoms with Gasteiger partial charge in [0.1, 0.15) is 0 Å². The predicted molar refractivity (Wildman–Crippen MR) is 157 cm³/mol. The fraction of sp³-hybridized carbons (Fsp3) is 0.909. The van der Waals surface area contributed by atoms with Crippen molar-refractivity contribution in [3.63, 3.8) is 0 Å². The first-order valence-electron chi connectivity index (χ1n) is 16.5. The fourth-order valence-electron chi connectivity index (χ4n) is 5.42. The first-order chi connectivity index (χ1) is 19.0. The molecule has 0 amide bonds. The van der Waals surface area contributed by atoms with Crippen LogP contribution in [0.15, 0.2) is 0 Å². The summed E-state index contributed by atoms with van der Waals surface area (Å²) in [5.41, 5.74) is 0. The van der Waals surface area contributed by atoms with Crippen LogP contribution in [0.3, 0.4) is 0 Å². The lowest BCUT2D eigenvalue weighted by atomic mass is 9.75. The number of rotatable bonds is 24. The Kier molecular flexibility index (Phi) is 22.0. The highest BCUT2D eigenvalue weighted by molar-refractivity contribution is 5.80. The van der Waals surface area contributed by atoms with Crippen LogP contribution < -0.4 is 0 Å². The molecule has 39 heavy (non-hydrogen) atoms. The van der Waals surface area contributed by atoms with Gasteiger partial charge in [0.15, 0.2) is 0 Å². The van der Waals surface area contributed by atoms with E-state index >= 15 is 0 Å². The van der Waals surface area contributed by atoms with Crippen molar-refractivity contribution in [1.82, 2.24) is 0 Å². The molecule has 0 aliphatic heterocycles. The molecule has 1 aliphatic rings. The zero-order valence-corrected chi connectivity index (χ0v) is 25.7. The van der Waals surface area contributed by atoms with E-state index in [1.54, 1.807) is 0 Å². The molecule has 0 saturated heterocycles. The number of ether oxygens (including phenoxy) is 3. The van der Waals surface area contributed by atoms with E-state index in [4.69, 9.17) is 14.2 Å². The van der Waals surface area contributed by atoms with Crippen LogP contribution in [0.2, 0.25) is 0 Å². The third kappa shape index (κ3) is 17.7. The molecule has 0 aromatic carbocycles. The smallest absolute Gasteiger partial charge is 0.308 e. The van der Waals surface area contributed by atoms with Crippen LogP contribution >= 0.6 is 0 Å². The Morgan fingerprint density at radius 1 is 0.410 bits per heavy atom. The third-order valence-corrected chi connectivity index (χ3v) is 7.93. The molecule has 1 fully saturated rings. The van der Waals surface area contributed by atoms with Gasteiger partial charge in [-0.1, -0.05) is 117 Å². The minimum atomic E-state index is -0.461. The number of esters is 3. The monoisotopic (exact) mass is 552 g/mol. The maximum atomic E-state index is 12.9. The Balaban J connectivity index is 2.55. The second-order valence-corrected chi connectivity index (χ2v) is 11.6. The summed E-state index contributed by atoms with van der Waals surface area (Å²) in [6.07, 6.45) is 21.4. The number of hydrogen-bond donors (Lipinski definition) is 0. The summed E-state index contributed by atoms with van der Waals surface area (Å²) in [5, 5.41) is 0. The average molecular weight is 553 g/mol. The summed E-state index contributed by atoms with van der Waals surface area (Å²) in [7, 11) is 0. The molecule has 1 saturated carbocycles. The van der Waals surface area contributed by atoms with Crippen LogP contribution in [0.4, 0.5) is 0 Å². The molecule has 0 radical (unpaired) electrons. The van der Waals surface area contributed by atoms with Crippen LogP contribution in [-0.4, -0.2) is 37.7 Å². The van der Waals surface area contributed by atoms with Gasteiger partial charge in [-0.3, -0.25) is 14.4 Å². The van der Waals surface area contributed by atoms with Crippen LogP contribution in [-0.2, 0) is 28.6 Å². The van der Waals surface area contributed by atoms with Crippen molar-refractivity contribution in [2.24, 2.45) is 17.8 Å². The Morgan fingerprint density at radius 3 is 0.897 bits per heavy atom. The molecule has 0 spiro atoms. The molecular weight excluding hydrogens is 492 g/mol. The molecule has 1 aliphatic carbocycles. The SMILES string of the molecule is CCCCCCCCOC(=O)C1CC(C(=O)OCCCCCCCC)CC(C(=O)OCCCCCCCC)C1. The molecule has 1 rings (SSSR count). The van der Waals surface area contributed by atoms with E-state index in [1.165, 1.54) is 57.8 Å². The summed E-state index contributed by atoms with van der Waals surface area (Å²) in [6, 6.07) is 0. The van der Waals surface area contributed by atoms with Crippen molar-refractivity contribution in [1.29, 1.82) is 0 Å². The minimum Gasteiger partial charge on any atom is -0.465 e. The normalized spacial score (nSPS) is 19.0. The largest absolute Gasteiger partial charge is 0.465 e. The maximum absolute atomic E-state index is 12.9. The third-order valence-electron chi connectivity index (χ3n) is 7.93. The molecule has 0 aromatic rings. The topological polar surface area (TPSA) is 78.9 Å². The van der Waals surface area contributed by atoms with E-state index < -0.39 is 17.8 Å². The van der Waals surface area contributed by atoms with Crippen molar-refractivity contribution in [3.8, 4) is 0 Å². The van der Waals surface area contributed by atoms with Gasteiger partial charge in [-0.15, -0.1) is 0 Å². The maximum Gasteiger partial charge on any atom is 0.308 e. The van der Waals surface area contributed by atoms with Crippen LogP contribution in [0.25, 0.3) is 0 Å². The van der Waals surface area contributed by atoms with E-state index in [2.05, 4.69) is 20.8 Å². The molecule has 6 heteroatoms. The Bertz CT molecular complexity index is 542. The van der Waals surface area contributed by atoms with Crippen LogP contribution in [0, 0.1) is 17.8 Å². The molecule has 0 heterocycles. The van der Waals surface area contributed by atoms with Crippen molar-refractivity contribution in [2.45, 2.75) is 156 Å². The number of carbonyl (C=O) groups excluding carboxylic acids is 3. The van der Waals surface area contributed by atoms with Gasteiger partial charge in [0.25, 0.3) is 0 Å². The van der Waals surface area contributed by atoms with Gasteiger partial charge in [-0.25, -0.2) is 0 Å². The van der Waals surface area contributed by atoms with Gasteiger partial charge in [0, 0.05) is 0 Å². The summed E-state index contributed by atoms with van der Waals surface area (Å²) in [6.45, 7) is 7.80. The second kappa shape index (κ2) is 24.2. The summed E-state index contributed by atoms with van der Waals surface area (Å²) < 4.78 is 16.8. The zero-order chi connectivity index (χ0) is 28.6. The van der Waals surface area contributed by atoms with Gasteiger partial charge in [-0.05, 0) is 38.5 Å². The molecule has 0 bridgehead atoms. The standard InChI is InChI=1S/C33H60O6/c1-4-7-10-13-16-19-22-37-31(34)28-25-29(32(35)38-23-20-17-14-11-8-5-2)27-30(26-28)33(36)39-24-21-18-15-12-9-6-3/h28-30H,4-27H2,1-3H3. The van der Waals surface area contributed by atoms with Gasteiger partial charge in [-0.2, -0.15) is 0 Å². The van der Waals surface area contributed by atoms with E-state index in [-0.39, 0.29) is 17.9 Å². The lowest BCUT2D eigenvalue weighted by molar-refractivity contribution is -0.161. The molecule has 0 atom stereocenters. The lowest BCUT2D eigenvalue weighted by Gasteiger charge is -2.31. The van der Waals surface area contributed by atoms with Gasteiger partial charge in [0.2, 0.25) is 0 Å². The van der Waals surface area contributed by atoms with E-state index in [0.717, 1.165) is 57.8 Å². The van der Waals surface area contributed by atoms with Gasteiger partial charge >= 0.3 is 17.9 Å². The highest BCUT2D eigenvalue weighted by atomic mass is 16.5. The predicted octanol–water partition coefficient (Wildman–Crippen LogP) is 8.73. The lowest BCUT2D eigenvalue weighted by Crippen LogP contribution is -2.37. The van der Waals surface area contributed by atoms with E-state index in [1.807, 2.05) is 0 Å². The zero-order valence-electron chi connectivity index (χ0n) is 25.7. The summed E-state index contributed by atoms with van der Waals surface area (Å²) in [4.78, 5) is 38.7. The van der Waals surface area contributed by atoms with Crippen molar-refractivity contribution >= 4 is 17.9 Å². The van der Waals surface area contributed by atoms with Gasteiger partial charge in [0.05, 0.1) is 37.6 Å². The first-order valence-corrected chi connectivity index (χ1v) is 16.5. The number of hydrogen-bond acceptors (Lipinski definition) is 6. The van der Waals surface area contributed by atoms with Gasteiger partial charge < -0.3 is 14.2 Å². The highest BCUT2D eigenvalue weighted by Crippen LogP contribution is 2.36. The molecule has 0 unspecified atom stereocenters. The minimum absolute atomic E-state index is 0.286. The van der Waals surface area contributed by atoms with Crippen molar-refractivity contribution < 1.29 is 28.6 Å². The first kappa shape index (κ1) is 35.4. The molecule has 0 N–H and O–H groups in total. The summed E-state index contributed by atoms with van der Waals surface area (Å²) in [5.74, 6) is -2.24. The van der Waals surface area contributed by atoms with Crippen LogP contribution in [0.5, 0.6) is 0 Å². The van der Waals surface area contributed by atoms with E-state index in [9.17, 15) is 14.4 Å². The van der Waals surface area contributed by atoms with Crippen molar-refractivity contribution in [3.05, 3.63) is 0 Å². The Hall–Kier alpha value is -1.59. The summed E-state index contributed by atoms with van der Waals surface area (Å²) >= 11 is 0.